The number of Topliss-reactive ketones (excluding diaryl/α,β-unsaturated/α-hetero) is 2. The third-order valence-corrected chi connectivity index (χ3v) is 12.5. The molecule has 1 aliphatic carbocycles. The molecule has 1 aliphatic heterocycles. The molecule has 8 aromatic rings. The van der Waals surface area contributed by atoms with Crippen LogP contribution in [0.3, 0.4) is 0 Å². The predicted molar refractivity (Wildman–Crippen MR) is 259 cm³/mol. The first kappa shape index (κ1) is 40.2. The SMILES string of the molecule is Cc1cc(-c2ccc(Cl)cc2)c(N2/C(=C/C=C3C(=O)c4cc5ccccc5cc4C3=O)N(c3c(C(C)C)cccc3C(C)C)c3nc4ccccc4nc32)c(-c2ccc(Cl)cc2)c1. The molecule has 8 heteroatoms. The molecular formula is C55H42Cl2N4O2. The summed E-state index contributed by atoms with van der Waals surface area (Å²) in [5, 5.41) is 3.05. The highest BCUT2D eigenvalue weighted by Gasteiger charge is 2.42. The number of fused-ring (bicyclic) bond motifs is 4. The molecule has 308 valence electrons. The Hall–Kier alpha value is -6.86. The van der Waals surface area contributed by atoms with Crippen molar-refractivity contribution in [3.8, 4) is 22.3 Å². The molecule has 2 aliphatic rings. The van der Waals surface area contributed by atoms with E-state index in [-0.39, 0.29) is 29.0 Å². The molecule has 6 nitrogen and oxygen atoms in total. The normalized spacial score (nSPS) is 14.2. The van der Waals surface area contributed by atoms with Gasteiger partial charge in [0, 0.05) is 32.3 Å². The second kappa shape index (κ2) is 15.8. The van der Waals surface area contributed by atoms with Crippen LogP contribution in [0.4, 0.5) is 23.0 Å². The number of carbonyl (C=O) groups excluding carboxylic acids is 2. The Balaban J connectivity index is 1.33. The number of nitrogens with zero attached hydrogens (tertiary/aromatic N) is 4. The van der Waals surface area contributed by atoms with Gasteiger partial charge in [0.25, 0.3) is 0 Å². The van der Waals surface area contributed by atoms with Crippen molar-refractivity contribution in [3.05, 3.63) is 201 Å². The average molecular weight is 862 g/mol. The highest BCUT2D eigenvalue weighted by molar-refractivity contribution is 6.40. The summed E-state index contributed by atoms with van der Waals surface area (Å²) in [7, 11) is 0. The molecule has 7 aromatic carbocycles. The molecular weight excluding hydrogens is 820 g/mol. The molecule has 0 radical (unpaired) electrons. The maximum Gasteiger partial charge on any atom is 0.197 e. The smallest absolute Gasteiger partial charge is 0.197 e. The van der Waals surface area contributed by atoms with Gasteiger partial charge >= 0.3 is 0 Å². The van der Waals surface area contributed by atoms with Crippen LogP contribution in [0, 0.1) is 6.92 Å². The first-order valence-corrected chi connectivity index (χ1v) is 21.9. The Labute approximate surface area is 376 Å². The Bertz CT molecular complexity index is 3110. The number of allylic oxidation sites excluding steroid dienone is 3. The number of halogens is 2. The zero-order valence-electron chi connectivity index (χ0n) is 35.4. The van der Waals surface area contributed by atoms with Gasteiger partial charge in [-0.2, -0.15) is 0 Å². The number of benzene rings is 7. The number of aromatic nitrogens is 2. The van der Waals surface area contributed by atoms with Crippen molar-refractivity contribution in [3.63, 3.8) is 0 Å². The Kier molecular flexibility index (Phi) is 10.1. The summed E-state index contributed by atoms with van der Waals surface area (Å²) >= 11 is 13.0. The number of ketones is 2. The summed E-state index contributed by atoms with van der Waals surface area (Å²) < 4.78 is 0. The number of carbonyl (C=O) groups is 2. The molecule has 1 aromatic heterocycles. The second-order valence-corrected chi connectivity index (χ2v) is 17.7. The molecule has 0 atom stereocenters. The first-order chi connectivity index (χ1) is 30.5. The maximum absolute atomic E-state index is 14.4. The molecule has 0 N–H and O–H groups in total. The van der Waals surface area contributed by atoms with E-state index in [2.05, 4.69) is 74.8 Å². The standard InChI is InChI=1S/C55H42Cl2N4O2/c1-31(2)40-13-10-14-41(32(3)4)50(40)60-49(26-25-42-52(62)45-29-36-11-6-7-12-37(36)30-46(45)53(42)63)61(55-54(60)58-47-15-8-9-16-48(47)59-55)51-43(34-17-21-38(56)22-18-34)27-33(5)28-44(51)35-19-23-39(57)24-20-35/h6-32H,1-5H3/b49-26+. The van der Waals surface area contributed by atoms with Crippen LogP contribution in [0.15, 0.2) is 163 Å². The molecule has 10 rings (SSSR count). The minimum absolute atomic E-state index is 0.0933. The minimum Gasteiger partial charge on any atom is -0.288 e. The second-order valence-electron chi connectivity index (χ2n) is 16.9. The lowest BCUT2D eigenvalue weighted by atomic mass is 9.91. The first-order valence-electron chi connectivity index (χ1n) is 21.2. The van der Waals surface area contributed by atoms with Crippen molar-refractivity contribution in [1.29, 1.82) is 0 Å². The number of rotatable bonds is 7. The summed E-state index contributed by atoms with van der Waals surface area (Å²) in [5.74, 6) is 1.50. The molecule has 0 unspecified atom stereocenters. The van der Waals surface area contributed by atoms with Crippen LogP contribution in [-0.2, 0) is 0 Å². The molecule has 63 heavy (non-hydrogen) atoms. The van der Waals surface area contributed by atoms with E-state index in [1.807, 2.05) is 115 Å². The lowest BCUT2D eigenvalue weighted by molar-refractivity contribution is 0.0988. The molecule has 0 amide bonds. The van der Waals surface area contributed by atoms with Gasteiger partial charge in [-0.05, 0) is 130 Å². The van der Waals surface area contributed by atoms with Crippen LogP contribution >= 0.6 is 23.2 Å². The van der Waals surface area contributed by atoms with Crippen molar-refractivity contribution in [2.75, 3.05) is 9.80 Å². The van der Waals surface area contributed by atoms with Crippen molar-refractivity contribution < 1.29 is 9.59 Å². The van der Waals surface area contributed by atoms with E-state index < -0.39 is 0 Å². The zero-order chi connectivity index (χ0) is 43.7. The van der Waals surface area contributed by atoms with Crippen LogP contribution < -0.4 is 9.80 Å². The van der Waals surface area contributed by atoms with Crippen molar-refractivity contribution in [2.24, 2.45) is 0 Å². The zero-order valence-corrected chi connectivity index (χ0v) is 37.0. The lowest BCUT2D eigenvalue weighted by Gasteiger charge is -2.32. The summed E-state index contributed by atoms with van der Waals surface area (Å²) in [5.41, 5.74) is 11.2. The number of hydrogen-bond acceptors (Lipinski definition) is 6. The molecule has 0 spiro atoms. The molecule has 0 saturated carbocycles. The van der Waals surface area contributed by atoms with Gasteiger partial charge in [-0.15, -0.1) is 0 Å². The highest BCUT2D eigenvalue weighted by atomic mass is 35.5. The van der Waals surface area contributed by atoms with Gasteiger partial charge in [0.1, 0.15) is 5.82 Å². The summed E-state index contributed by atoms with van der Waals surface area (Å²) in [6.07, 6.45) is 3.60. The third-order valence-electron chi connectivity index (χ3n) is 12.0. The largest absolute Gasteiger partial charge is 0.288 e. The number of anilines is 4. The fourth-order valence-electron chi connectivity index (χ4n) is 9.00. The maximum atomic E-state index is 14.4. The van der Waals surface area contributed by atoms with Gasteiger partial charge in [-0.3, -0.25) is 19.4 Å². The molecule has 2 heterocycles. The van der Waals surface area contributed by atoms with E-state index in [0.717, 1.165) is 72.1 Å². The highest BCUT2D eigenvalue weighted by Crippen LogP contribution is 2.55. The fraction of sp³-hybridized carbons (Fsp3) is 0.127. The predicted octanol–water partition coefficient (Wildman–Crippen LogP) is 15.1. The number of para-hydroxylation sites is 3. The van der Waals surface area contributed by atoms with Gasteiger partial charge in [0.05, 0.1) is 28.0 Å². The van der Waals surface area contributed by atoms with Crippen LogP contribution in [0.1, 0.15) is 76.9 Å². The Morgan fingerprint density at radius 1 is 0.508 bits per heavy atom. The lowest BCUT2D eigenvalue weighted by Crippen LogP contribution is -2.25. The van der Waals surface area contributed by atoms with Crippen molar-refractivity contribution in [2.45, 2.75) is 46.5 Å². The van der Waals surface area contributed by atoms with Gasteiger partial charge in [-0.25, -0.2) is 9.97 Å². The van der Waals surface area contributed by atoms with E-state index in [9.17, 15) is 9.59 Å². The van der Waals surface area contributed by atoms with Crippen molar-refractivity contribution in [1.82, 2.24) is 9.97 Å². The van der Waals surface area contributed by atoms with E-state index >= 15 is 0 Å². The van der Waals surface area contributed by atoms with E-state index in [1.54, 1.807) is 6.08 Å². The Morgan fingerprint density at radius 3 is 1.41 bits per heavy atom. The van der Waals surface area contributed by atoms with Crippen molar-refractivity contribution >= 4 is 79.6 Å². The third kappa shape index (κ3) is 6.91. The van der Waals surface area contributed by atoms with Gasteiger partial charge < -0.3 is 0 Å². The quantitative estimate of drug-likeness (QED) is 0.117. The summed E-state index contributed by atoms with van der Waals surface area (Å²) in [6, 6.07) is 45.9. The fourth-order valence-corrected chi connectivity index (χ4v) is 9.25. The van der Waals surface area contributed by atoms with Gasteiger partial charge in [-0.1, -0.05) is 130 Å². The number of aryl methyl sites for hydroxylation is 1. The van der Waals surface area contributed by atoms with E-state index in [0.29, 0.717) is 38.6 Å². The van der Waals surface area contributed by atoms with E-state index in [4.69, 9.17) is 33.2 Å². The average Bonchev–Trinajstić information content (AvgIpc) is 3.71. The van der Waals surface area contributed by atoms with E-state index in [1.165, 1.54) is 0 Å². The monoisotopic (exact) mass is 860 g/mol. The molecule has 0 fully saturated rings. The minimum atomic E-state index is -0.308. The van der Waals surface area contributed by atoms with Crippen LogP contribution in [-0.4, -0.2) is 21.5 Å². The Morgan fingerprint density at radius 2 is 0.952 bits per heavy atom. The van der Waals surface area contributed by atoms with Crippen LogP contribution in [0.2, 0.25) is 10.0 Å². The molecule has 0 bridgehead atoms. The summed E-state index contributed by atoms with van der Waals surface area (Å²) in [6.45, 7) is 10.9. The summed E-state index contributed by atoms with van der Waals surface area (Å²) in [4.78, 5) is 44.1. The van der Waals surface area contributed by atoms with Gasteiger partial charge in [0.15, 0.2) is 23.2 Å². The van der Waals surface area contributed by atoms with Crippen LogP contribution in [0.25, 0.3) is 44.1 Å². The number of hydrogen-bond donors (Lipinski definition) is 0. The van der Waals surface area contributed by atoms with Gasteiger partial charge in [0.2, 0.25) is 0 Å². The topological polar surface area (TPSA) is 66.4 Å². The van der Waals surface area contributed by atoms with Crippen LogP contribution in [0.5, 0.6) is 0 Å². The molecule has 0 saturated heterocycles.